The third-order valence-corrected chi connectivity index (χ3v) is 2.15. The summed E-state index contributed by atoms with van der Waals surface area (Å²) in [5, 5.41) is 8.57. The zero-order valence-corrected chi connectivity index (χ0v) is 7.41. The molecule has 1 aliphatic carbocycles. The fraction of sp³-hybridized carbons (Fsp3) is 0.556. The van der Waals surface area contributed by atoms with Gasteiger partial charge in [0, 0.05) is 5.92 Å². The van der Waals surface area contributed by atoms with Crippen LogP contribution in [-0.2, 0) is 11.2 Å². The highest BCUT2D eigenvalue weighted by molar-refractivity contribution is 5.69. The van der Waals surface area contributed by atoms with Gasteiger partial charge in [-0.3, -0.25) is 4.79 Å². The second-order valence-electron chi connectivity index (χ2n) is 3.40. The average Bonchev–Trinajstić information content (AvgIpc) is 2.79. The normalized spacial score (nSPS) is 16.1. The molecule has 4 nitrogen and oxygen atoms in total. The molecule has 4 heteroatoms. The van der Waals surface area contributed by atoms with Crippen molar-refractivity contribution in [3.63, 3.8) is 0 Å². The van der Waals surface area contributed by atoms with E-state index in [1.807, 2.05) is 0 Å². The molecular formula is C9H11NO3. The van der Waals surface area contributed by atoms with Gasteiger partial charge in [0.2, 0.25) is 0 Å². The maximum absolute atomic E-state index is 10.4. The zero-order valence-electron chi connectivity index (χ0n) is 7.41. The lowest BCUT2D eigenvalue weighted by molar-refractivity contribution is -0.136. The van der Waals surface area contributed by atoms with Crippen LogP contribution in [0.3, 0.4) is 0 Å². The van der Waals surface area contributed by atoms with Gasteiger partial charge in [-0.2, -0.15) is 0 Å². The van der Waals surface area contributed by atoms with Crippen molar-refractivity contribution in [2.45, 2.75) is 32.1 Å². The largest absolute Gasteiger partial charge is 0.481 e. The predicted octanol–water partition coefficient (Wildman–Crippen LogP) is 1.49. The summed E-state index contributed by atoms with van der Waals surface area (Å²) >= 11 is 0. The standard InChI is InChI=1S/C9H11NO3/c1-5-7(4-8(11)12)10-9(13-5)6-2-3-6/h6H,2-4H2,1H3,(H,11,12). The zero-order chi connectivity index (χ0) is 9.42. The number of carboxylic acid groups (broad SMARTS) is 1. The molecule has 0 radical (unpaired) electrons. The Morgan fingerprint density at radius 1 is 1.69 bits per heavy atom. The number of hydrogen-bond donors (Lipinski definition) is 1. The van der Waals surface area contributed by atoms with Crippen LogP contribution in [0.4, 0.5) is 0 Å². The van der Waals surface area contributed by atoms with E-state index in [1.165, 1.54) is 0 Å². The molecule has 13 heavy (non-hydrogen) atoms. The van der Waals surface area contributed by atoms with Gasteiger partial charge in [0.15, 0.2) is 5.89 Å². The van der Waals surface area contributed by atoms with E-state index < -0.39 is 5.97 Å². The molecule has 1 fully saturated rings. The Kier molecular flexibility index (Phi) is 1.83. The molecule has 0 aromatic carbocycles. The third-order valence-electron chi connectivity index (χ3n) is 2.15. The Bertz CT molecular complexity index is 339. The molecule has 1 aliphatic rings. The molecule has 2 rings (SSSR count). The van der Waals surface area contributed by atoms with Crippen molar-refractivity contribution in [1.82, 2.24) is 4.98 Å². The minimum Gasteiger partial charge on any atom is -0.481 e. The van der Waals surface area contributed by atoms with E-state index in [-0.39, 0.29) is 6.42 Å². The molecule has 1 N–H and O–H groups in total. The topological polar surface area (TPSA) is 63.3 Å². The summed E-state index contributed by atoms with van der Waals surface area (Å²) < 4.78 is 5.36. The molecule has 0 aliphatic heterocycles. The van der Waals surface area contributed by atoms with Gasteiger partial charge in [0.25, 0.3) is 0 Å². The highest BCUT2D eigenvalue weighted by atomic mass is 16.4. The monoisotopic (exact) mass is 181 g/mol. The Morgan fingerprint density at radius 3 is 2.92 bits per heavy atom. The summed E-state index contributed by atoms with van der Waals surface area (Å²) in [7, 11) is 0. The summed E-state index contributed by atoms with van der Waals surface area (Å²) in [5.41, 5.74) is 0.564. The Labute approximate surface area is 75.6 Å². The third kappa shape index (κ3) is 1.71. The lowest BCUT2D eigenvalue weighted by Gasteiger charge is -1.88. The van der Waals surface area contributed by atoms with Crippen molar-refractivity contribution >= 4 is 5.97 Å². The molecule has 0 amide bonds. The molecule has 0 unspecified atom stereocenters. The highest BCUT2D eigenvalue weighted by Gasteiger charge is 2.29. The van der Waals surface area contributed by atoms with E-state index in [9.17, 15) is 4.79 Å². The Hall–Kier alpha value is -1.32. The van der Waals surface area contributed by atoms with Crippen LogP contribution in [0.1, 0.15) is 36.1 Å². The first-order valence-corrected chi connectivity index (χ1v) is 4.35. The summed E-state index contributed by atoms with van der Waals surface area (Å²) in [5.74, 6) is 0.943. The quantitative estimate of drug-likeness (QED) is 0.767. The molecule has 1 heterocycles. The second kappa shape index (κ2) is 2.87. The number of carbonyl (C=O) groups is 1. The summed E-state index contributed by atoms with van der Waals surface area (Å²) in [6.45, 7) is 1.76. The number of aryl methyl sites for hydroxylation is 1. The van der Waals surface area contributed by atoms with Gasteiger partial charge in [0.1, 0.15) is 5.76 Å². The average molecular weight is 181 g/mol. The van der Waals surface area contributed by atoms with Crippen LogP contribution < -0.4 is 0 Å². The summed E-state index contributed by atoms with van der Waals surface area (Å²) in [6, 6.07) is 0. The first-order chi connectivity index (χ1) is 6.16. The highest BCUT2D eigenvalue weighted by Crippen LogP contribution is 2.39. The number of oxazole rings is 1. The molecular weight excluding hydrogens is 170 g/mol. The van der Waals surface area contributed by atoms with Crippen LogP contribution in [0.5, 0.6) is 0 Å². The van der Waals surface area contributed by atoms with Crippen LogP contribution >= 0.6 is 0 Å². The van der Waals surface area contributed by atoms with Crippen molar-refractivity contribution < 1.29 is 14.3 Å². The molecule has 0 saturated heterocycles. The van der Waals surface area contributed by atoms with Gasteiger partial charge in [0.05, 0.1) is 12.1 Å². The maximum Gasteiger partial charge on any atom is 0.309 e. The van der Waals surface area contributed by atoms with Crippen molar-refractivity contribution in [3.8, 4) is 0 Å². The fourth-order valence-corrected chi connectivity index (χ4v) is 1.26. The van der Waals surface area contributed by atoms with Gasteiger partial charge in [-0.15, -0.1) is 0 Å². The van der Waals surface area contributed by atoms with E-state index in [1.54, 1.807) is 6.92 Å². The Morgan fingerprint density at radius 2 is 2.38 bits per heavy atom. The first kappa shape index (κ1) is 8.29. The van der Waals surface area contributed by atoms with Crippen LogP contribution in [0.2, 0.25) is 0 Å². The van der Waals surface area contributed by atoms with Crippen LogP contribution in [-0.4, -0.2) is 16.1 Å². The second-order valence-corrected chi connectivity index (χ2v) is 3.40. The molecule has 0 bridgehead atoms. The molecule has 1 aromatic heterocycles. The maximum atomic E-state index is 10.4. The Balaban J connectivity index is 2.19. The predicted molar refractivity (Wildman–Crippen MR) is 44.6 cm³/mol. The SMILES string of the molecule is Cc1oc(C2CC2)nc1CC(=O)O. The van der Waals surface area contributed by atoms with Crippen molar-refractivity contribution in [2.24, 2.45) is 0 Å². The van der Waals surface area contributed by atoms with Crippen molar-refractivity contribution in [1.29, 1.82) is 0 Å². The van der Waals surface area contributed by atoms with Gasteiger partial charge in [-0.05, 0) is 19.8 Å². The van der Waals surface area contributed by atoms with Gasteiger partial charge in [-0.1, -0.05) is 0 Å². The van der Waals surface area contributed by atoms with Crippen LogP contribution in [0.15, 0.2) is 4.42 Å². The lowest BCUT2D eigenvalue weighted by atomic mass is 10.3. The van der Waals surface area contributed by atoms with E-state index in [0.29, 0.717) is 23.3 Å². The van der Waals surface area contributed by atoms with Gasteiger partial charge < -0.3 is 9.52 Å². The number of carboxylic acids is 1. The molecule has 1 aromatic rings. The summed E-state index contributed by atoms with van der Waals surface area (Å²) in [6.07, 6.45) is 2.20. The number of nitrogens with zero attached hydrogens (tertiary/aromatic N) is 1. The van der Waals surface area contributed by atoms with Crippen molar-refractivity contribution in [3.05, 3.63) is 17.3 Å². The van der Waals surface area contributed by atoms with Crippen LogP contribution in [0.25, 0.3) is 0 Å². The number of rotatable bonds is 3. The minimum absolute atomic E-state index is 0.0396. The van der Waals surface area contributed by atoms with E-state index in [0.717, 1.165) is 12.8 Å². The van der Waals surface area contributed by atoms with Crippen molar-refractivity contribution in [2.75, 3.05) is 0 Å². The molecule has 70 valence electrons. The number of hydrogen-bond acceptors (Lipinski definition) is 3. The van der Waals surface area contributed by atoms with Crippen LogP contribution in [0, 0.1) is 6.92 Å². The van der Waals surface area contributed by atoms with Gasteiger partial charge in [-0.25, -0.2) is 4.98 Å². The van der Waals surface area contributed by atoms with E-state index in [4.69, 9.17) is 9.52 Å². The smallest absolute Gasteiger partial charge is 0.309 e. The number of aliphatic carboxylic acids is 1. The molecule has 0 spiro atoms. The number of aromatic nitrogens is 1. The molecule has 0 atom stereocenters. The molecule has 1 saturated carbocycles. The van der Waals surface area contributed by atoms with Gasteiger partial charge >= 0.3 is 5.97 Å². The summed E-state index contributed by atoms with van der Waals surface area (Å²) in [4.78, 5) is 14.6. The lowest BCUT2D eigenvalue weighted by Crippen LogP contribution is -2.01. The minimum atomic E-state index is -0.862. The van der Waals surface area contributed by atoms with E-state index >= 15 is 0 Å². The first-order valence-electron chi connectivity index (χ1n) is 4.35. The van der Waals surface area contributed by atoms with E-state index in [2.05, 4.69) is 4.98 Å². The fourth-order valence-electron chi connectivity index (χ4n) is 1.26.